The molecule has 0 atom stereocenters. The molecule has 0 bridgehead atoms. The van der Waals surface area contributed by atoms with Crippen molar-refractivity contribution in [1.82, 2.24) is 19.5 Å². The lowest BCUT2D eigenvalue weighted by Crippen LogP contribution is -2.19. The summed E-state index contributed by atoms with van der Waals surface area (Å²) in [6.07, 6.45) is 3.66. The molecule has 2 rings (SSSR count). The van der Waals surface area contributed by atoms with Crippen LogP contribution in [0.5, 0.6) is 0 Å². The summed E-state index contributed by atoms with van der Waals surface area (Å²) in [6.45, 7) is 10.8. The summed E-state index contributed by atoms with van der Waals surface area (Å²) >= 11 is 2.31. The van der Waals surface area contributed by atoms with Gasteiger partial charge in [0.25, 0.3) is 0 Å². The van der Waals surface area contributed by atoms with E-state index < -0.39 is 0 Å². The first-order chi connectivity index (χ1) is 9.75. The molecule has 0 aliphatic rings. The molecule has 5 nitrogen and oxygen atoms in total. The Morgan fingerprint density at radius 2 is 1.90 bits per heavy atom. The maximum atomic E-state index is 4.82. The van der Waals surface area contributed by atoms with Crippen molar-refractivity contribution in [3.8, 4) is 11.5 Å². The fraction of sp³-hybridized carbons (Fsp3) is 0.533. The summed E-state index contributed by atoms with van der Waals surface area (Å²) in [5, 5.41) is 3.17. The molecule has 114 valence electrons. The van der Waals surface area contributed by atoms with E-state index in [9.17, 15) is 0 Å². The van der Waals surface area contributed by atoms with Gasteiger partial charge in [-0.15, -0.1) is 0 Å². The van der Waals surface area contributed by atoms with Gasteiger partial charge in [-0.25, -0.2) is 15.0 Å². The highest BCUT2D eigenvalue weighted by molar-refractivity contribution is 14.1. The highest BCUT2D eigenvalue weighted by Gasteiger charge is 2.24. The Morgan fingerprint density at radius 3 is 2.43 bits per heavy atom. The SMILES string of the molecule is CNc1nc(-c2cncn2C(C)C)nc(C(C)(C)C)c1I. The third-order valence-electron chi connectivity index (χ3n) is 3.25. The highest BCUT2D eigenvalue weighted by atomic mass is 127. The molecule has 21 heavy (non-hydrogen) atoms. The zero-order valence-electron chi connectivity index (χ0n) is 13.4. The van der Waals surface area contributed by atoms with E-state index in [4.69, 9.17) is 4.98 Å². The van der Waals surface area contributed by atoms with Crippen LogP contribution in [0.1, 0.15) is 46.4 Å². The number of aromatic nitrogens is 4. The van der Waals surface area contributed by atoms with Crippen LogP contribution in [-0.4, -0.2) is 26.6 Å². The predicted octanol–water partition coefficient (Wildman–Crippen LogP) is 3.86. The molecule has 0 aliphatic heterocycles. The third kappa shape index (κ3) is 3.20. The molecule has 0 amide bonds. The zero-order valence-corrected chi connectivity index (χ0v) is 15.6. The van der Waals surface area contributed by atoms with Crippen molar-refractivity contribution in [2.45, 2.75) is 46.1 Å². The van der Waals surface area contributed by atoms with Gasteiger partial charge in [-0.2, -0.15) is 0 Å². The molecule has 0 unspecified atom stereocenters. The average Bonchev–Trinajstić information content (AvgIpc) is 2.87. The quantitative estimate of drug-likeness (QED) is 0.797. The number of anilines is 1. The molecule has 6 heteroatoms. The Hall–Kier alpha value is -1.18. The van der Waals surface area contributed by atoms with Gasteiger partial charge in [0.2, 0.25) is 0 Å². The maximum absolute atomic E-state index is 4.82. The van der Waals surface area contributed by atoms with Gasteiger partial charge in [0.1, 0.15) is 11.5 Å². The van der Waals surface area contributed by atoms with Gasteiger partial charge in [0.05, 0.1) is 21.8 Å². The minimum atomic E-state index is -0.0392. The topological polar surface area (TPSA) is 55.6 Å². The van der Waals surface area contributed by atoms with Crippen LogP contribution in [0.15, 0.2) is 12.5 Å². The van der Waals surface area contributed by atoms with E-state index in [-0.39, 0.29) is 5.41 Å². The van der Waals surface area contributed by atoms with Gasteiger partial charge in [-0.1, -0.05) is 20.8 Å². The van der Waals surface area contributed by atoms with E-state index in [0.29, 0.717) is 6.04 Å². The second kappa shape index (κ2) is 5.90. The molecule has 0 radical (unpaired) electrons. The van der Waals surface area contributed by atoms with Crippen LogP contribution < -0.4 is 5.32 Å². The van der Waals surface area contributed by atoms with E-state index >= 15 is 0 Å². The molecular formula is C15H22IN5. The van der Waals surface area contributed by atoms with E-state index in [1.54, 1.807) is 0 Å². The van der Waals surface area contributed by atoms with E-state index in [2.05, 4.69) is 77.1 Å². The minimum absolute atomic E-state index is 0.0392. The fourth-order valence-corrected chi connectivity index (χ4v) is 3.43. The lowest BCUT2D eigenvalue weighted by Gasteiger charge is -2.22. The van der Waals surface area contributed by atoms with E-state index in [0.717, 1.165) is 26.6 Å². The summed E-state index contributed by atoms with van der Waals surface area (Å²) in [5.74, 6) is 1.58. The number of hydrogen-bond acceptors (Lipinski definition) is 4. The Morgan fingerprint density at radius 1 is 1.24 bits per heavy atom. The Kier molecular flexibility index (Phi) is 4.55. The first-order valence-corrected chi connectivity index (χ1v) is 8.11. The summed E-state index contributed by atoms with van der Waals surface area (Å²) in [6, 6.07) is 0.321. The van der Waals surface area contributed by atoms with Crippen LogP contribution in [0.2, 0.25) is 0 Å². The molecular weight excluding hydrogens is 377 g/mol. The Balaban J connectivity index is 2.67. The highest BCUT2D eigenvalue weighted by Crippen LogP contribution is 2.31. The summed E-state index contributed by atoms with van der Waals surface area (Å²) in [5.41, 5.74) is 1.96. The summed E-state index contributed by atoms with van der Waals surface area (Å²) in [4.78, 5) is 13.7. The number of nitrogens with zero attached hydrogens (tertiary/aromatic N) is 4. The summed E-state index contributed by atoms with van der Waals surface area (Å²) < 4.78 is 3.16. The van der Waals surface area contributed by atoms with Crippen LogP contribution in [0.25, 0.3) is 11.5 Å². The maximum Gasteiger partial charge on any atom is 0.180 e. The summed E-state index contributed by atoms with van der Waals surface area (Å²) in [7, 11) is 1.89. The number of imidazole rings is 1. The van der Waals surface area contributed by atoms with Gasteiger partial charge in [0, 0.05) is 18.5 Å². The van der Waals surface area contributed by atoms with Gasteiger partial charge in [0.15, 0.2) is 5.82 Å². The first kappa shape index (κ1) is 16.2. The van der Waals surface area contributed by atoms with Crippen LogP contribution in [-0.2, 0) is 5.41 Å². The molecule has 0 spiro atoms. The third-order valence-corrected chi connectivity index (χ3v) is 4.27. The van der Waals surface area contributed by atoms with Gasteiger partial charge >= 0.3 is 0 Å². The van der Waals surface area contributed by atoms with E-state index in [1.165, 1.54) is 0 Å². The van der Waals surface area contributed by atoms with Crippen molar-refractivity contribution in [3.63, 3.8) is 0 Å². The van der Waals surface area contributed by atoms with Crippen LogP contribution in [0, 0.1) is 3.57 Å². The first-order valence-electron chi connectivity index (χ1n) is 7.03. The molecule has 1 N–H and O–H groups in total. The lowest BCUT2D eigenvalue weighted by molar-refractivity contribution is 0.562. The number of nitrogens with one attached hydrogen (secondary N) is 1. The molecule has 2 heterocycles. The fourth-order valence-electron chi connectivity index (χ4n) is 2.11. The normalized spacial score (nSPS) is 12.0. The standard InChI is InChI=1S/C15H22IN5/c1-9(2)21-8-18-7-10(21)13-19-12(15(3,4)5)11(16)14(17-6)20-13/h7-9H,1-6H3,(H,17,19,20). The van der Waals surface area contributed by atoms with Gasteiger partial charge in [-0.3, -0.25) is 0 Å². The smallest absolute Gasteiger partial charge is 0.180 e. The van der Waals surface area contributed by atoms with Crippen molar-refractivity contribution < 1.29 is 0 Å². The average molecular weight is 399 g/mol. The molecule has 0 saturated carbocycles. The van der Waals surface area contributed by atoms with Crippen LogP contribution in [0.3, 0.4) is 0 Å². The zero-order chi connectivity index (χ0) is 15.8. The van der Waals surface area contributed by atoms with Crippen molar-refractivity contribution >= 4 is 28.4 Å². The van der Waals surface area contributed by atoms with Crippen molar-refractivity contribution in [2.24, 2.45) is 0 Å². The molecule has 0 aromatic carbocycles. The van der Waals surface area contributed by atoms with Crippen LogP contribution in [0.4, 0.5) is 5.82 Å². The number of rotatable bonds is 3. The predicted molar refractivity (Wildman–Crippen MR) is 94.6 cm³/mol. The van der Waals surface area contributed by atoms with Gasteiger partial charge in [-0.05, 0) is 36.4 Å². The number of halogens is 1. The Labute approximate surface area is 139 Å². The van der Waals surface area contributed by atoms with Crippen molar-refractivity contribution in [3.05, 3.63) is 21.8 Å². The number of hydrogen-bond donors (Lipinski definition) is 1. The minimum Gasteiger partial charge on any atom is -0.372 e. The van der Waals surface area contributed by atoms with Crippen molar-refractivity contribution in [1.29, 1.82) is 0 Å². The van der Waals surface area contributed by atoms with Gasteiger partial charge < -0.3 is 9.88 Å². The largest absolute Gasteiger partial charge is 0.372 e. The molecule has 2 aromatic heterocycles. The molecule has 2 aromatic rings. The second-order valence-corrected chi connectivity index (χ2v) is 7.42. The lowest BCUT2D eigenvalue weighted by atomic mass is 9.92. The monoisotopic (exact) mass is 399 g/mol. The molecule has 0 saturated heterocycles. The van der Waals surface area contributed by atoms with Crippen LogP contribution >= 0.6 is 22.6 Å². The van der Waals surface area contributed by atoms with Crippen molar-refractivity contribution in [2.75, 3.05) is 12.4 Å². The van der Waals surface area contributed by atoms with E-state index in [1.807, 2.05) is 19.6 Å². The second-order valence-electron chi connectivity index (χ2n) is 6.34. The molecule has 0 fully saturated rings. The molecule has 0 aliphatic carbocycles. The Bertz CT molecular complexity index is 640.